The van der Waals surface area contributed by atoms with Crippen molar-refractivity contribution >= 4 is 40.6 Å². The molecular weight excluding hydrogens is 414 g/mol. The highest BCUT2D eigenvalue weighted by atomic mass is 35.5. The average Bonchev–Trinajstić information content (AvgIpc) is 2.99. The lowest BCUT2D eigenvalue weighted by atomic mass is 9.89. The number of hydrogen-bond acceptors (Lipinski definition) is 3. The summed E-state index contributed by atoms with van der Waals surface area (Å²) in [5.41, 5.74) is 4.06. The number of hydrogen-bond donors (Lipinski definition) is 1. The minimum atomic E-state index is -0.436. The zero-order valence-corrected chi connectivity index (χ0v) is 20.1. The molecule has 0 spiro atoms. The van der Waals surface area contributed by atoms with Crippen LogP contribution < -0.4 is 4.74 Å². The smallest absolute Gasteiger partial charge is 0.125 e. The molecule has 0 atom stereocenters. The van der Waals surface area contributed by atoms with E-state index >= 15 is 0 Å². The molecule has 0 saturated heterocycles. The topological polar surface area (TPSA) is 42.1 Å². The van der Waals surface area contributed by atoms with E-state index in [-0.39, 0.29) is 4.75 Å². The van der Waals surface area contributed by atoms with Crippen LogP contribution in [0.15, 0.2) is 41.3 Å². The van der Waals surface area contributed by atoms with Gasteiger partial charge in [-0.15, -0.1) is 11.8 Å². The second-order valence-electron chi connectivity index (χ2n) is 9.40. The molecule has 0 aliphatic carbocycles. The average molecular weight is 444 g/mol. The Bertz CT molecular complexity index is 1050. The van der Waals surface area contributed by atoms with Crippen LogP contribution in [-0.4, -0.2) is 23.1 Å². The summed E-state index contributed by atoms with van der Waals surface area (Å²) in [6.07, 6.45) is 2.44. The Hall–Kier alpha value is -1.91. The van der Waals surface area contributed by atoms with Crippen molar-refractivity contribution in [3.05, 3.63) is 58.2 Å². The first kappa shape index (κ1) is 22.8. The van der Waals surface area contributed by atoms with E-state index in [0.717, 1.165) is 40.3 Å². The number of carbonyl (C=O) groups excluding carboxylic acids is 1. The maximum atomic E-state index is 11.6. The van der Waals surface area contributed by atoms with E-state index in [9.17, 15) is 4.79 Å². The highest BCUT2D eigenvalue weighted by Crippen LogP contribution is 2.44. The van der Waals surface area contributed by atoms with Gasteiger partial charge in [-0.3, -0.25) is 0 Å². The molecule has 30 heavy (non-hydrogen) atoms. The van der Waals surface area contributed by atoms with Crippen LogP contribution in [0.4, 0.5) is 0 Å². The number of fused-ring (bicyclic) bond motifs is 1. The Labute approximate surface area is 188 Å². The summed E-state index contributed by atoms with van der Waals surface area (Å²) in [6, 6.07) is 12.0. The minimum absolute atomic E-state index is 0.0236. The Kier molecular flexibility index (Phi) is 6.59. The summed E-state index contributed by atoms with van der Waals surface area (Å²) >= 11 is 7.92. The molecule has 0 saturated carbocycles. The van der Waals surface area contributed by atoms with Crippen molar-refractivity contribution in [2.75, 3.05) is 7.11 Å². The predicted octanol–water partition coefficient (Wildman–Crippen LogP) is 7.08. The number of methoxy groups -OCH3 is 1. The number of carbonyl (C=O) groups is 1. The number of thioether (sulfide) groups is 1. The zero-order valence-electron chi connectivity index (χ0n) is 18.6. The summed E-state index contributed by atoms with van der Waals surface area (Å²) in [6.45, 7) is 10.6. The standard InChI is InChI=1S/C25H30ClNO2S/c1-24(2,3)30-23-20(14-25(4,5)15-28)27-19-11-12-21(29-6)18(22(19)23)13-16-7-9-17(26)10-8-16/h7-12,15,27H,13-14H2,1-6H3. The maximum absolute atomic E-state index is 11.6. The van der Waals surface area contributed by atoms with Gasteiger partial charge in [0.2, 0.25) is 0 Å². The monoisotopic (exact) mass is 443 g/mol. The van der Waals surface area contributed by atoms with Gasteiger partial charge in [-0.05, 0) is 29.8 Å². The molecular formula is C25H30ClNO2S. The van der Waals surface area contributed by atoms with Crippen molar-refractivity contribution in [2.45, 2.75) is 57.1 Å². The Morgan fingerprint density at radius 1 is 1.07 bits per heavy atom. The first-order chi connectivity index (χ1) is 14.0. The SMILES string of the molecule is COc1ccc2[nH]c(CC(C)(C)C=O)c(SC(C)(C)C)c2c1Cc1ccc(Cl)cc1. The fourth-order valence-corrected chi connectivity index (χ4v) is 4.90. The number of ether oxygens (including phenoxy) is 1. The van der Waals surface area contributed by atoms with Gasteiger partial charge in [-0.2, -0.15) is 0 Å². The summed E-state index contributed by atoms with van der Waals surface area (Å²) < 4.78 is 5.78. The van der Waals surface area contributed by atoms with Crippen LogP contribution in [0.25, 0.3) is 10.9 Å². The summed E-state index contributed by atoms with van der Waals surface area (Å²) in [5, 5.41) is 1.91. The van der Waals surface area contributed by atoms with E-state index in [1.54, 1.807) is 7.11 Å². The van der Waals surface area contributed by atoms with Gasteiger partial charge in [-0.1, -0.05) is 58.4 Å². The highest BCUT2D eigenvalue weighted by Gasteiger charge is 2.27. The van der Waals surface area contributed by atoms with E-state index in [0.29, 0.717) is 6.42 Å². The van der Waals surface area contributed by atoms with Gasteiger partial charge < -0.3 is 14.5 Å². The quantitative estimate of drug-likeness (QED) is 0.313. The number of aromatic nitrogens is 1. The Morgan fingerprint density at radius 3 is 2.30 bits per heavy atom. The van der Waals surface area contributed by atoms with Crippen molar-refractivity contribution in [3.63, 3.8) is 0 Å². The molecule has 0 unspecified atom stereocenters. The van der Waals surface area contributed by atoms with Gasteiger partial charge in [0.05, 0.1) is 7.11 Å². The number of nitrogens with one attached hydrogen (secondary N) is 1. The molecule has 3 aromatic rings. The molecule has 1 N–H and O–H groups in total. The molecule has 0 fully saturated rings. The molecule has 3 nitrogen and oxygen atoms in total. The third kappa shape index (κ3) is 5.22. The molecule has 0 aliphatic heterocycles. The van der Waals surface area contributed by atoms with Crippen molar-refractivity contribution in [1.82, 2.24) is 4.98 Å². The number of H-pyrrole nitrogens is 1. The van der Waals surface area contributed by atoms with Crippen LogP contribution in [0, 0.1) is 5.41 Å². The number of halogens is 1. The first-order valence-electron chi connectivity index (χ1n) is 10.1. The van der Waals surface area contributed by atoms with Gasteiger partial charge in [0, 0.05) is 55.1 Å². The number of benzene rings is 2. The molecule has 0 aliphatic rings. The third-order valence-electron chi connectivity index (χ3n) is 4.93. The van der Waals surface area contributed by atoms with Gasteiger partial charge in [0.15, 0.2) is 0 Å². The van der Waals surface area contributed by atoms with Crippen molar-refractivity contribution < 1.29 is 9.53 Å². The van der Waals surface area contributed by atoms with E-state index < -0.39 is 5.41 Å². The molecule has 1 aromatic heterocycles. The fraction of sp³-hybridized carbons (Fsp3) is 0.400. The fourth-order valence-electron chi connectivity index (χ4n) is 3.58. The minimum Gasteiger partial charge on any atom is -0.496 e. The molecule has 0 radical (unpaired) electrons. The summed E-state index contributed by atoms with van der Waals surface area (Å²) in [4.78, 5) is 16.4. The van der Waals surface area contributed by atoms with Gasteiger partial charge in [0.25, 0.3) is 0 Å². The lowest BCUT2D eigenvalue weighted by Crippen LogP contribution is -2.17. The number of aldehydes is 1. The third-order valence-corrected chi connectivity index (χ3v) is 6.45. The van der Waals surface area contributed by atoms with Gasteiger partial charge >= 0.3 is 0 Å². The first-order valence-corrected chi connectivity index (χ1v) is 11.3. The number of rotatable bonds is 7. The van der Waals surface area contributed by atoms with Crippen LogP contribution in [0.2, 0.25) is 5.02 Å². The normalized spacial score (nSPS) is 12.4. The van der Waals surface area contributed by atoms with E-state index in [4.69, 9.17) is 16.3 Å². The molecule has 5 heteroatoms. The predicted molar refractivity (Wildman–Crippen MR) is 128 cm³/mol. The van der Waals surface area contributed by atoms with E-state index in [1.165, 1.54) is 15.8 Å². The number of aromatic amines is 1. The van der Waals surface area contributed by atoms with Crippen molar-refractivity contribution in [2.24, 2.45) is 5.41 Å². The lowest BCUT2D eigenvalue weighted by Gasteiger charge is -2.22. The Morgan fingerprint density at radius 2 is 1.73 bits per heavy atom. The van der Waals surface area contributed by atoms with Crippen LogP contribution >= 0.6 is 23.4 Å². The second-order valence-corrected chi connectivity index (χ2v) is 11.7. The van der Waals surface area contributed by atoms with Crippen molar-refractivity contribution in [1.29, 1.82) is 0 Å². The lowest BCUT2D eigenvalue weighted by molar-refractivity contribution is -0.114. The van der Waals surface area contributed by atoms with Gasteiger partial charge in [0.1, 0.15) is 12.0 Å². The zero-order chi connectivity index (χ0) is 22.1. The largest absolute Gasteiger partial charge is 0.496 e. The van der Waals surface area contributed by atoms with E-state index in [2.05, 4.69) is 44.0 Å². The molecule has 1 heterocycles. The molecule has 160 valence electrons. The maximum Gasteiger partial charge on any atom is 0.125 e. The molecule has 3 rings (SSSR count). The van der Waals surface area contributed by atoms with Crippen LogP contribution in [0.5, 0.6) is 5.75 Å². The molecule has 0 bridgehead atoms. The van der Waals surface area contributed by atoms with Gasteiger partial charge in [-0.25, -0.2) is 0 Å². The summed E-state index contributed by atoms with van der Waals surface area (Å²) in [5.74, 6) is 0.869. The highest BCUT2D eigenvalue weighted by molar-refractivity contribution is 8.00. The molecule has 2 aromatic carbocycles. The summed E-state index contributed by atoms with van der Waals surface area (Å²) in [7, 11) is 1.71. The molecule has 0 amide bonds. The van der Waals surface area contributed by atoms with Crippen molar-refractivity contribution in [3.8, 4) is 5.75 Å². The van der Waals surface area contributed by atoms with Crippen LogP contribution in [-0.2, 0) is 17.6 Å². The van der Waals surface area contributed by atoms with Crippen LogP contribution in [0.1, 0.15) is 51.4 Å². The van der Waals surface area contributed by atoms with E-state index in [1.807, 2.05) is 43.8 Å². The van der Waals surface area contributed by atoms with Crippen LogP contribution in [0.3, 0.4) is 0 Å². The second kappa shape index (κ2) is 8.68. The Balaban J connectivity index is 2.23.